The van der Waals surface area contributed by atoms with Crippen molar-refractivity contribution in [3.8, 4) is 0 Å². The topological polar surface area (TPSA) is 54.0 Å². The number of nitrogens with zero attached hydrogens (tertiary/aromatic N) is 3. The molecule has 1 aromatic carbocycles. The van der Waals surface area contributed by atoms with Crippen LogP contribution in [0.3, 0.4) is 0 Å². The number of para-hydroxylation sites is 1. The predicted octanol–water partition coefficient (Wildman–Crippen LogP) is 1.96. The number of hydrogen-bond acceptors (Lipinski definition) is 4. The highest BCUT2D eigenvalue weighted by Gasteiger charge is 2.30. The number of aromatic amines is 1. The lowest BCUT2D eigenvalue weighted by Crippen LogP contribution is -2.43. The number of benzene rings is 1. The normalized spacial score (nSPS) is 19.3. The van der Waals surface area contributed by atoms with E-state index in [0.29, 0.717) is 0 Å². The minimum Gasteiger partial charge on any atom is -0.378 e. The van der Waals surface area contributed by atoms with E-state index in [9.17, 15) is 0 Å². The van der Waals surface area contributed by atoms with Gasteiger partial charge >= 0.3 is 0 Å². The van der Waals surface area contributed by atoms with Gasteiger partial charge in [-0.15, -0.1) is 0 Å². The van der Waals surface area contributed by atoms with Gasteiger partial charge in [-0.05, 0) is 31.9 Å². The van der Waals surface area contributed by atoms with Crippen molar-refractivity contribution in [3.63, 3.8) is 0 Å². The Morgan fingerprint density at radius 3 is 2.78 bits per heavy atom. The second kappa shape index (κ2) is 4.24. The van der Waals surface area contributed by atoms with Gasteiger partial charge in [0.1, 0.15) is 11.0 Å². The van der Waals surface area contributed by atoms with Crippen LogP contribution < -0.4 is 4.90 Å². The molecule has 5 nitrogen and oxygen atoms in total. The van der Waals surface area contributed by atoms with Gasteiger partial charge in [0.2, 0.25) is 0 Å². The third-order valence-corrected chi connectivity index (χ3v) is 3.98. The van der Waals surface area contributed by atoms with Gasteiger partial charge in [-0.25, -0.2) is 0 Å². The molecule has 2 aromatic rings. The molecule has 0 saturated carbocycles. The van der Waals surface area contributed by atoms with E-state index >= 15 is 0 Å². The molecule has 0 radical (unpaired) electrons. The van der Waals surface area contributed by atoms with E-state index in [4.69, 9.17) is 4.74 Å². The van der Waals surface area contributed by atoms with Crippen molar-refractivity contribution in [2.24, 2.45) is 0 Å². The van der Waals surface area contributed by atoms with Crippen molar-refractivity contribution < 1.29 is 4.74 Å². The molecule has 1 aliphatic rings. The molecule has 0 spiro atoms. The Hall–Kier alpha value is -1.62. The van der Waals surface area contributed by atoms with Gasteiger partial charge in [-0.2, -0.15) is 15.4 Å². The van der Waals surface area contributed by atoms with E-state index in [1.54, 1.807) is 7.11 Å². The van der Waals surface area contributed by atoms with Crippen molar-refractivity contribution in [1.29, 1.82) is 0 Å². The van der Waals surface area contributed by atoms with Gasteiger partial charge < -0.3 is 9.64 Å². The van der Waals surface area contributed by atoms with Gasteiger partial charge in [0.05, 0.1) is 11.3 Å². The Labute approximate surface area is 106 Å². The summed E-state index contributed by atoms with van der Waals surface area (Å²) in [6, 6.07) is 6.12. The minimum absolute atomic E-state index is 0.0220. The highest BCUT2D eigenvalue weighted by Crippen LogP contribution is 2.31. The largest absolute Gasteiger partial charge is 0.378 e. The van der Waals surface area contributed by atoms with Crippen LogP contribution in [-0.4, -0.2) is 41.2 Å². The van der Waals surface area contributed by atoms with Crippen LogP contribution in [0, 0.1) is 0 Å². The first-order chi connectivity index (χ1) is 8.72. The third-order valence-electron chi connectivity index (χ3n) is 3.98. The Morgan fingerprint density at radius 2 is 2.06 bits per heavy atom. The van der Waals surface area contributed by atoms with Crippen molar-refractivity contribution >= 4 is 16.7 Å². The second-order valence-corrected chi connectivity index (χ2v) is 5.11. The minimum atomic E-state index is 0.0220. The van der Waals surface area contributed by atoms with Gasteiger partial charge in [-0.3, -0.25) is 0 Å². The molecule has 0 bridgehead atoms. The van der Waals surface area contributed by atoms with Gasteiger partial charge in [-0.1, -0.05) is 6.07 Å². The average Bonchev–Trinajstić information content (AvgIpc) is 2.88. The summed E-state index contributed by atoms with van der Waals surface area (Å²) >= 11 is 0. The van der Waals surface area contributed by atoms with Crippen LogP contribution in [0.2, 0.25) is 0 Å². The third kappa shape index (κ3) is 1.84. The number of piperidine rings is 1. The molecular formula is C13H18N4O. The van der Waals surface area contributed by atoms with E-state index in [1.165, 1.54) is 5.69 Å². The van der Waals surface area contributed by atoms with Crippen molar-refractivity contribution in [3.05, 3.63) is 18.2 Å². The molecule has 18 heavy (non-hydrogen) atoms. The van der Waals surface area contributed by atoms with Crippen molar-refractivity contribution in [2.75, 3.05) is 25.1 Å². The van der Waals surface area contributed by atoms with Crippen LogP contribution in [0.4, 0.5) is 5.69 Å². The zero-order valence-electron chi connectivity index (χ0n) is 10.8. The van der Waals surface area contributed by atoms with Crippen molar-refractivity contribution in [1.82, 2.24) is 15.4 Å². The summed E-state index contributed by atoms with van der Waals surface area (Å²) in [6.45, 7) is 4.17. The summed E-state index contributed by atoms with van der Waals surface area (Å²) in [5.41, 5.74) is 3.07. The number of ether oxygens (including phenoxy) is 1. The molecule has 1 aliphatic heterocycles. The van der Waals surface area contributed by atoms with Gasteiger partial charge in [0.15, 0.2) is 0 Å². The number of H-pyrrole nitrogens is 1. The second-order valence-electron chi connectivity index (χ2n) is 5.11. The van der Waals surface area contributed by atoms with Crippen LogP contribution in [-0.2, 0) is 4.74 Å². The van der Waals surface area contributed by atoms with Crippen molar-refractivity contribution in [2.45, 2.75) is 25.4 Å². The maximum atomic E-state index is 5.57. The summed E-state index contributed by atoms with van der Waals surface area (Å²) in [7, 11) is 1.80. The lowest BCUT2D eigenvalue weighted by molar-refractivity contribution is -0.0132. The van der Waals surface area contributed by atoms with Gasteiger partial charge in [0.25, 0.3) is 0 Å². The smallest absolute Gasteiger partial charge is 0.136 e. The van der Waals surface area contributed by atoms with E-state index in [-0.39, 0.29) is 5.60 Å². The molecule has 5 heteroatoms. The molecule has 1 N–H and O–H groups in total. The van der Waals surface area contributed by atoms with E-state index < -0.39 is 0 Å². The van der Waals surface area contributed by atoms with Gasteiger partial charge in [0, 0.05) is 20.2 Å². The predicted molar refractivity (Wildman–Crippen MR) is 70.7 cm³/mol. The Kier molecular flexibility index (Phi) is 2.70. The summed E-state index contributed by atoms with van der Waals surface area (Å²) in [6.07, 6.45) is 2.08. The maximum absolute atomic E-state index is 5.57. The highest BCUT2D eigenvalue weighted by molar-refractivity contribution is 5.87. The lowest BCUT2D eigenvalue weighted by Gasteiger charge is -2.39. The lowest BCUT2D eigenvalue weighted by atomic mass is 9.93. The summed E-state index contributed by atoms with van der Waals surface area (Å²) in [4.78, 5) is 2.37. The number of hydrogen-bond donors (Lipinski definition) is 1. The van der Waals surface area contributed by atoms with Crippen LogP contribution in [0.5, 0.6) is 0 Å². The fraction of sp³-hybridized carbons (Fsp3) is 0.538. The number of rotatable bonds is 2. The molecule has 0 aliphatic carbocycles. The standard InChI is InChI=1S/C13H18N4O/c1-13(18-2)6-8-17(9-7-13)11-5-3-4-10-12(11)15-16-14-10/h3-5H,6-9H2,1-2H3,(H,14,15,16). The summed E-state index contributed by atoms with van der Waals surface area (Å²) < 4.78 is 5.57. The fourth-order valence-corrected chi connectivity index (χ4v) is 2.53. The Morgan fingerprint density at radius 1 is 1.28 bits per heavy atom. The zero-order valence-corrected chi connectivity index (χ0v) is 10.8. The average molecular weight is 246 g/mol. The van der Waals surface area contributed by atoms with E-state index in [1.807, 2.05) is 12.1 Å². The molecule has 96 valence electrons. The maximum Gasteiger partial charge on any atom is 0.136 e. The van der Waals surface area contributed by atoms with E-state index in [0.717, 1.165) is 37.0 Å². The first-order valence-electron chi connectivity index (χ1n) is 6.31. The Balaban J connectivity index is 1.86. The molecule has 1 saturated heterocycles. The first kappa shape index (κ1) is 11.5. The first-order valence-corrected chi connectivity index (χ1v) is 6.31. The van der Waals surface area contributed by atoms with E-state index in [2.05, 4.69) is 33.3 Å². The number of anilines is 1. The number of methoxy groups -OCH3 is 1. The van der Waals surface area contributed by atoms with Crippen LogP contribution in [0.15, 0.2) is 18.2 Å². The van der Waals surface area contributed by atoms with Crippen LogP contribution in [0.25, 0.3) is 11.0 Å². The highest BCUT2D eigenvalue weighted by atomic mass is 16.5. The Bertz CT molecular complexity index is 543. The zero-order chi connectivity index (χ0) is 12.6. The number of aromatic nitrogens is 3. The summed E-state index contributed by atoms with van der Waals surface area (Å²) in [5, 5.41) is 11.1. The van der Waals surface area contributed by atoms with Crippen LogP contribution >= 0.6 is 0 Å². The molecule has 0 atom stereocenters. The quantitative estimate of drug-likeness (QED) is 0.880. The number of nitrogens with one attached hydrogen (secondary N) is 1. The fourth-order valence-electron chi connectivity index (χ4n) is 2.53. The molecule has 2 heterocycles. The summed E-state index contributed by atoms with van der Waals surface area (Å²) in [5.74, 6) is 0. The SMILES string of the molecule is COC1(C)CCN(c2cccc3n[nH]nc23)CC1. The monoisotopic (exact) mass is 246 g/mol. The molecular weight excluding hydrogens is 228 g/mol. The molecule has 0 unspecified atom stereocenters. The number of fused-ring (bicyclic) bond motifs is 1. The molecule has 1 fully saturated rings. The molecule has 1 aromatic heterocycles. The van der Waals surface area contributed by atoms with Crippen LogP contribution in [0.1, 0.15) is 19.8 Å². The molecule has 3 rings (SSSR count). The molecule has 0 amide bonds.